The van der Waals surface area contributed by atoms with E-state index in [0.29, 0.717) is 48.8 Å². The van der Waals surface area contributed by atoms with E-state index in [9.17, 15) is 13.7 Å². The lowest BCUT2D eigenvalue weighted by molar-refractivity contribution is 0.260. The zero-order chi connectivity index (χ0) is 28.4. The Morgan fingerprint density at radius 1 is 1.18 bits per heavy atom. The molecule has 0 spiro atoms. The van der Waals surface area contributed by atoms with Gasteiger partial charge in [0.25, 0.3) is 10.0 Å². The molecule has 0 unspecified atom stereocenters. The molecule has 2 N–H and O–H groups in total. The van der Waals surface area contributed by atoms with E-state index in [1.165, 1.54) is 23.0 Å². The van der Waals surface area contributed by atoms with Gasteiger partial charge in [0.1, 0.15) is 6.07 Å². The maximum absolute atomic E-state index is 13.0. The first-order valence-electron chi connectivity index (χ1n) is 12.9. The summed E-state index contributed by atoms with van der Waals surface area (Å²) < 4.78 is 30.8. The molecule has 0 aliphatic carbocycles. The second-order valence-corrected chi connectivity index (χ2v) is 11.8. The SMILES string of the molecule is CNCc1ccc(-n2cc(-c3nc(N[C@H]4CCN(S(=O)(=O)c5cn(C)cn5)C[C@H]4C)ncc3C#N)cn2)c(C)n1. The van der Waals surface area contributed by atoms with Crippen LogP contribution < -0.4 is 10.6 Å². The van der Waals surface area contributed by atoms with Crippen molar-refractivity contribution in [1.82, 2.24) is 43.9 Å². The van der Waals surface area contributed by atoms with Crippen LogP contribution in [0.1, 0.15) is 30.3 Å². The van der Waals surface area contributed by atoms with Crippen LogP contribution in [0.15, 0.2) is 48.3 Å². The van der Waals surface area contributed by atoms with Gasteiger partial charge in [0.05, 0.1) is 47.1 Å². The number of hydrogen-bond donors (Lipinski definition) is 2. The highest BCUT2D eigenvalue weighted by molar-refractivity contribution is 7.89. The lowest BCUT2D eigenvalue weighted by Gasteiger charge is -2.36. The number of rotatable bonds is 8. The summed E-state index contributed by atoms with van der Waals surface area (Å²) in [6.45, 7) is 5.28. The molecule has 208 valence electrons. The third-order valence-corrected chi connectivity index (χ3v) is 8.70. The Balaban J connectivity index is 1.33. The molecule has 5 rings (SSSR count). The molecule has 0 radical (unpaired) electrons. The van der Waals surface area contributed by atoms with E-state index in [1.54, 1.807) is 22.5 Å². The number of nitrogens with one attached hydrogen (secondary N) is 2. The predicted octanol–water partition coefficient (Wildman–Crippen LogP) is 1.87. The van der Waals surface area contributed by atoms with E-state index in [0.717, 1.165) is 17.1 Å². The number of imidazole rings is 1. The summed E-state index contributed by atoms with van der Waals surface area (Å²) in [6.07, 6.45) is 8.53. The fourth-order valence-corrected chi connectivity index (χ4v) is 6.34. The minimum absolute atomic E-state index is 0.0148. The molecular weight excluding hydrogens is 530 g/mol. The van der Waals surface area contributed by atoms with Gasteiger partial charge in [-0.2, -0.15) is 14.7 Å². The van der Waals surface area contributed by atoms with E-state index in [2.05, 4.69) is 41.7 Å². The quantitative estimate of drug-likeness (QED) is 0.325. The van der Waals surface area contributed by atoms with Crippen LogP contribution in [0.4, 0.5) is 5.95 Å². The van der Waals surface area contributed by atoms with Crippen molar-refractivity contribution in [3.8, 4) is 23.0 Å². The third-order valence-electron chi connectivity index (χ3n) is 6.95. The maximum atomic E-state index is 13.0. The molecule has 1 saturated heterocycles. The number of anilines is 1. The Bertz CT molecular complexity index is 1670. The maximum Gasteiger partial charge on any atom is 0.262 e. The Hall–Kier alpha value is -4.19. The van der Waals surface area contributed by atoms with Crippen molar-refractivity contribution in [3.63, 3.8) is 0 Å². The standard InChI is InChI=1S/C26H31N11O2S/c1-17-13-36(40(38,39)24-15-35(4)16-30-24)8-7-22(17)33-26-29-10-19(9-27)25(34-26)20-11-31-37(14-20)23-6-5-21(12-28-3)32-18(23)2/h5-6,10-11,14-17,22,28H,7-8,12-13H2,1-4H3,(H,29,33,34)/t17-,22+/m1/s1. The van der Waals surface area contributed by atoms with Crippen molar-refractivity contribution in [3.05, 3.63) is 60.2 Å². The van der Waals surface area contributed by atoms with Crippen LogP contribution in [0.5, 0.6) is 0 Å². The van der Waals surface area contributed by atoms with Crippen LogP contribution in [0.3, 0.4) is 0 Å². The van der Waals surface area contributed by atoms with Crippen LogP contribution in [-0.2, 0) is 23.6 Å². The van der Waals surface area contributed by atoms with E-state index in [4.69, 9.17) is 0 Å². The molecule has 0 aromatic carbocycles. The number of hydrogen-bond acceptors (Lipinski definition) is 10. The Morgan fingerprint density at radius 2 is 2.00 bits per heavy atom. The summed E-state index contributed by atoms with van der Waals surface area (Å²) in [5.41, 5.74) is 4.06. The van der Waals surface area contributed by atoms with Gasteiger partial charge >= 0.3 is 0 Å². The summed E-state index contributed by atoms with van der Waals surface area (Å²) in [6, 6.07) is 6.02. The summed E-state index contributed by atoms with van der Waals surface area (Å²) in [4.78, 5) is 17.7. The zero-order valence-electron chi connectivity index (χ0n) is 22.8. The first kappa shape index (κ1) is 27.4. The third kappa shape index (κ3) is 5.44. The van der Waals surface area contributed by atoms with Gasteiger partial charge in [0, 0.05) is 50.7 Å². The Kier molecular flexibility index (Phi) is 7.61. The molecule has 1 fully saturated rings. The Morgan fingerprint density at radius 3 is 2.67 bits per heavy atom. The van der Waals surface area contributed by atoms with Crippen molar-refractivity contribution in [2.75, 3.05) is 25.5 Å². The summed E-state index contributed by atoms with van der Waals surface area (Å²) in [5, 5.41) is 20.7. The molecule has 40 heavy (non-hydrogen) atoms. The zero-order valence-corrected chi connectivity index (χ0v) is 23.6. The highest BCUT2D eigenvalue weighted by atomic mass is 32.2. The van der Waals surface area contributed by atoms with Crippen LogP contribution in [0.2, 0.25) is 0 Å². The second kappa shape index (κ2) is 11.1. The first-order valence-corrected chi connectivity index (χ1v) is 14.3. The van der Waals surface area contributed by atoms with Crippen molar-refractivity contribution in [2.45, 2.75) is 37.9 Å². The number of pyridine rings is 1. The van der Waals surface area contributed by atoms with Gasteiger partial charge in [-0.1, -0.05) is 6.92 Å². The number of aryl methyl sites for hydroxylation is 2. The molecule has 4 aromatic rings. The van der Waals surface area contributed by atoms with Gasteiger partial charge in [-0.15, -0.1) is 0 Å². The molecule has 5 heterocycles. The van der Waals surface area contributed by atoms with Crippen molar-refractivity contribution in [2.24, 2.45) is 13.0 Å². The van der Waals surface area contributed by atoms with Crippen LogP contribution in [0.25, 0.3) is 16.9 Å². The largest absolute Gasteiger partial charge is 0.351 e. The summed E-state index contributed by atoms with van der Waals surface area (Å²) >= 11 is 0. The second-order valence-electron chi connectivity index (χ2n) is 9.94. The van der Waals surface area contributed by atoms with Gasteiger partial charge in [0.15, 0.2) is 5.03 Å². The predicted molar refractivity (Wildman–Crippen MR) is 148 cm³/mol. The highest BCUT2D eigenvalue weighted by Crippen LogP contribution is 2.27. The van der Waals surface area contributed by atoms with Crippen LogP contribution >= 0.6 is 0 Å². The normalized spacial score (nSPS) is 18.0. The average molecular weight is 562 g/mol. The number of aromatic nitrogens is 7. The molecule has 4 aromatic heterocycles. The molecule has 14 heteroatoms. The molecule has 1 aliphatic heterocycles. The van der Waals surface area contributed by atoms with Gasteiger partial charge in [-0.05, 0) is 38.4 Å². The summed E-state index contributed by atoms with van der Waals surface area (Å²) in [7, 11) is -0.0482. The smallest absolute Gasteiger partial charge is 0.262 e. The van der Waals surface area contributed by atoms with E-state index >= 15 is 0 Å². The first-order chi connectivity index (χ1) is 19.2. The summed E-state index contributed by atoms with van der Waals surface area (Å²) in [5.74, 6) is 0.355. The van der Waals surface area contributed by atoms with Gasteiger partial charge in [0.2, 0.25) is 5.95 Å². The van der Waals surface area contributed by atoms with Crippen molar-refractivity contribution < 1.29 is 8.42 Å². The van der Waals surface area contributed by atoms with Gasteiger partial charge in [-0.3, -0.25) is 4.98 Å². The molecule has 1 aliphatic rings. The van der Waals surface area contributed by atoms with Gasteiger partial charge < -0.3 is 15.2 Å². The van der Waals surface area contributed by atoms with E-state index < -0.39 is 10.0 Å². The van der Waals surface area contributed by atoms with Crippen molar-refractivity contribution in [1.29, 1.82) is 5.26 Å². The van der Waals surface area contributed by atoms with Crippen LogP contribution in [-0.4, -0.2) is 73.2 Å². The average Bonchev–Trinajstić information content (AvgIpc) is 3.60. The molecule has 13 nitrogen and oxygen atoms in total. The molecule has 0 bridgehead atoms. The number of nitriles is 1. The number of sulfonamides is 1. The highest BCUT2D eigenvalue weighted by Gasteiger charge is 2.35. The van der Waals surface area contributed by atoms with E-state index in [1.807, 2.05) is 39.2 Å². The Labute approximate surface area is 233 Å². The molecule has 0 amide bonds. The lowest BCUT2D eigenvalue weighted by Crippen LogP contribution is -2.47. The minimum atomic E-state index is -3.66. The monoisotopic (exact) mass is 561 g/mol. The fraction of sp³-hybridized carbons (Fsp3) is 0.385. The molecule has 2 atom stereocenters. The lowest BCUT2D eigenvalue weighted by atomic mass is 9.95. The van der Waals surface area contributed by atoms with Crippen LogP contribution in [0, 0.1) is 24.2 Å². The van der Waals surface area contributed by atoms with Gasteiger partial charge in [-0.25, -0.2) is 28.1 Å². The molecular formula is C26H31N11O2S. The number of piperidine rings is 1. The minimum Gasteiger partial charge on any atom is -0.351 e. The van der Waals surface area contributed by atoms with E-state index in [-0.39, 0.29) is 17.0 Å². The molecule has 0 saturated carbocycles. The topological polar surface area (TPSA) is 160 Å². The van der Waals surface area contributed by atoms with Crippen molar-refractivity contribution >= 4 is 16.0 Å². The number of nitrogens with zero attached hydrogens (tertiary/aromatic N) is 9. The fourth-order valence-electron chi connectivity index (χ4n) is 4.82.